The highest BCUT2D eigenvalue weighted by Gasteiger charge is 2.16. The maximum atomic E-state index is 11.2. The van der Waals surface area contributed by atoms with Gasteiger partial charge in [0.05, 0.1) is 13.7 Å². The topological polar surface area (TPSA) is 55.8 Å². The van der Waals surface area contributed by atoms with Gasteiger partial charge in [-0.25, -0.2) is 4.79 Å². The Labute approximate surface area is 94.8 Å². The van der Waals surface area contributed by atoms with E-state index in [9.17, 15) is 9.90 Å². The van der Waals surface area contributed by atoms with Crippen molar-refractivity contribution in [3.8, 4) is 5.75 Å². The number of rotatable bonds is 5. The molecule has 88 valence electrons. The zero-order valence-corrected chi connectivity index (χ0v) is 9.47. The van der Waals surface area contributed by atoms with Crippen molar-refractivity contribution in [1.29, 1.82) is 0 Å². The van der Waals surface area contributed by atoms with Gasteiger partial charge >= 0.3 is 5.97 Å². The number of esters is 1. The van der Waals surface area contributed by atoms with Gasteiger partial charge in [-0.05, 0) is 24.6 Å². The third kappa shape index (κ3) is 3.55. The maximum absolute atomic E-state index is 11.2. The molecule has 1 N–H and O–H groups in total. The van der Waals surface area contributed by atoms with Crippen LogP contribution in [0.4, 0.5) is 0 Å². The van der Waals surface area contributed by atoms with E-state index in [2.05, 4.69) is 0 Å². The number of aliphatic hydroxyl groups excluding tert-OH is 1. The van der Waals surface area contributed by atoms with Crippen LogP contribution in [0.3, 0.4) is 0 Å². The van der Waals surface area contributed by atoms with E-state index in [1.165, 1.54) is 0 Å². The lowest BCUT2D eigenvalue weighted by molar-refractivity contribution is -0.152. The van der Waals surface area contributed by atoms with Crippen LogP contribution in [0.1, 0.15) is 12.5 Å². The maximum Gasteiger partial charge on any atom is 0.335 e. The minimum atomic E-state index is -1.10. The molecule has 0 aliphatic rings. The molecule has 4 heteroatoms. The lowest BCUT2D eigenvalue weighted by atomic mass is 10.1. The Hall–Kier alpha value is -1.55. The van der Waals surface area contributed by atoms with Crippen molar-refractivity contribution in [2.24, 2.45) is 0 Å². The summed E-state index contributed by atoms with van der Waals surface area (Å²) in [5.41, 5.74) is 0.862. The summed E-state index contributed by atoms with van der Waals surface area (Å²) >= 11 is 0. The number of aliphatic hydroxyl groups is 1. The van der Waals surface area contributed by atoms with Crippen LogP contribution in [0.2, 0.25) is 0 Å². The molecule has 1 aromatic rings. The second-order valence-corrected chi connectivity index (χ2v) is 3.32. The van der Waals surface area contributed by atoms with Gasteiger partial charge in [0.15, 0.2) is 6.10 Å². The number of hydrogen-bond acceptors (Lipinski definition) is 4. The summed E-state index contributed by atoms with van der Waals surface area (Å²) in [4.78, 5) is 11.2. The van der Waals surface area contributed by atoms with Crippen molar-refractivity contribution in [2.75, 3.05) is 13.7 Å². The minimum Gasteiger partial charge on any atom is -0.497 e. The SMILES string of the molecule is CCOC(=O)C(O)Cc1ccc(OC)cc1. The van der Waals surface area contributed by atoms with E-state index >= 15 is 0 Å². The first-order chi connectivity index (χ1) is 7.67. The van der Waals surface area contributed by atoms with E-state index in [1.807, 2.05) is 0 Å². The Kier molecular flexibility index (Phi) is 4.79. The molecule has 0 amide bonds. The van der Waals surface area contributed by atoms with Crippen molar-refractivity contribution in [3.63, 3.8) is 0 Å². The molecule has 0 spiro atoms. The Morgan fingerprint density at radius 1 is 1.38 bits per heavy atom. The molecule has 0 aliphatic heterocycles. The monoisotopic (exact) mass is 224 g/mol. The molecule has 0 radical (unpaired) electrons. The summed E-state index contributed by atoms with van der Waals surface area (Å²) in [6, 6.07) is 7.18. The molecule has 1 rings (SSSR count). The van der Waals surface area contributed by atoms with Crippen molar-refractivity contribution in [1.82, 2.24) is 0 Å². The molecule has 1 aromatic carbocycles. The summed E-state index contributed by atoms with van der Waals surface area (Å²) in [6.45, 7) is 1.98. The van der Waals surface area contributed by atoms with E-state index in [0.29, 0.717) is 0 Å². The van der Waals surface area contributed by atoms with Crippen LogP contribution in [-0.4, -0.2) is 30.9 Å². The van der Waals surface area contributed by atoms with Crippen molar-refractivity contribution < 1.29 is 19.4 Å². The predicted molar refractivity (Wildman–Crippen MR) is 59.3 cm³/mol. The van der Waals surface area contributed by atoms with E-state index in [-0.39, 0.29) is 13.0 Å². The van der Waals surface area contributed by atoms with Gasteiger partial charge in [-0.15, -0.1) is 0 Å². The summed E-state index contributed by atoms with van der Waals surface area (Å²) in [5.74, 6) is 0.160. The Morgan fingerprint density at radius 2 is 2.00 bits per heavy atom. The molecule has 0 fully saturated rings. The molecule has 1 atom stereocenters. The first kappa shape index (κ1) is 12.5. The smallest absolute Gasteiger partial charge is 0.335 e. The largest absolute Gasteiger partial charge is 0.497 e. The molecule has 0 aliphatic carbocycles. The highest BCUT2D eigenvalue weighted by molar-refractivity contribution is 5.74. The molecule has 0 bridgehead atoms. The van der Waals surface area contributed by atoms with Gasteiger partial charge in [0.2, 0.25) is 0 Å². The van der Waals surface area contributed by atoms with Crippen LogP contribution in [0, 0.1) is 0 Å². The van der Waals surface area contributed by atoms with Crippen LogP contribution in [0.5, 0.6) is 5.75 Å². The van der Waals surface area contributed by atoms with Gasteiger partial charge in [0.1, 0.15) is 5.75 Å². The Balaban J connectivity index is 2.55. The van der Waals surface area contributed by atoms with Crippen LogP contribution >= 0.6 is 0 Å². The lowest BCUT2D eigenvalue weighted by Crippen LogP contribution is -2.25. The number of methoxy groups -OCH3 is 1. The summed E-state index contributed by atoms with van der Waals surface area (Å²) in [5, 5.41) is 9.52. The van der Waals surface area contributed by atoms with Crippen molar-refractivity contribution in [2.45, 2.75) is 19.4 Å². The second kappa shape index (κ2) is 6.12. The third-order valence-corrected chi connectivity index (χ3v) is 2.15. The van der Waals surface area contributed by atoms with Gasteiger partial charge in [-0.3, -0.25) is 0 Å². The van der Waals surface area contributed by atoms with E-state index < -0.39 is 12.1 Å². The molecule has 0 aromatic heterocycles. The van der Waals surface area contributed by atoms with Crippen LogP contribution in [0.15, 0.2) is 24.3 Å². The fourth-order valence-electron chi connectivity index (χ4n) is 1.31. The first-order valence-corrected chi connectivity index (χ1v) is 5.15. The van der Waals surface area contributed by atoms with Crippen LogP contribution in [-0.2, 0) is 16.0 Å². The molecule has 4 nitrogen and oxygen atoms in total. The minimum absolute atomic E-state index is 0.253. The third-order valence-electron chi connectivity index (χ3n) is 2.15. The lowest BCUT2D eigenvalue weighted by Gasteiger charge is -2.09. The molecule has 0 heterocycles. The second-order valence-electron chi connectivity index (χ2n) is 3.32. The molecule has 0 saturated heterocycles. The summed E-state index contributed by atoms with van der Waals surface area (Å²) in [7, 11) is 1.59. The van der Waals surface area contributed by atoms with E-state index in [4.69, 9.17) is 9.47 Å². The molecular formula is C12H16O4. The molecule has 16 heavy (non-hydrogen) atoms. The highest BCUT2D eigenvalue weighted by Crippen LogP contribution is 2.12. The number of carbonyl (C=O) groups is 1. The van der Waals surface area contributed by atoms with Crippen molar-refractivity contribution >= 4 is 5.97 Å². The number of ether oxygens (including phenoxy) is 2. The zero-order chi connectivity index (χ0) is 12.0. The van der Waals surface area contributed by atoms with Gasteiger partial charge in [-0.2, -0.15) is 0 Å². The number of benzene rings is 1. The fourth-order valence-corrected chi connectivity index (χ4v) is 1.31. The van der Waals surface area contributed by atoms with E-state index in [0.717, 1.165) is 11.3 Å². The van der Waals surface area contributed by atoms with Crippen LogP contribution in [0.25, 0.3) is 0 Å². The van der Waals surface area contributed by atoms with Crippen molar-refractivity contribution in [3.05, 3.63) is 29.8 Å². The fraction of sp³-hybridized carbons (Fsp3) is 0.417. The number of carbonyl (C=O) groups excluding carboxylic acids is 1. The van der Waals surface area contributed by atoms with Crippen LogP contribution < -0.4 is 4.74 Å². The summed E-state index contributed by atoms with van der Waals surface area (Å²) in [6.07, 6.45) is -0.851. The molecular weight excluding hydrogens is 208 g/mol. The average molecular weight is 224 g/mol. The van der Waals surface area contributed by atoms with Gasteiger partial charge in [0, 0.05) is 6.42 Å². The zero-order valence-electron chi connectivity index (χ0n) is 9.47. The Bertz CT molecular complexity index is 331. The Morgan fingerprint density at radius 3 is 2.50 bits per heavy atom. The normalized spacial score (nSPS) is 11.9. The van der Waals surface area contributed by atoms with Gasteiger partial charge in [-0.1, -0.05) is 12.1 Å². The summed E-state index contributed by atoms with van der Waals surface area (Å²) < 4.78 is 9.71. The predicted octanol–water partition coefficient (Wildman–Crippen LogP) is 1.16. The standard InChI is InChI=1S/C12H16O4/c1-3-16-12(14)11(13)8-9-4-6-10(15-2)7-5-9/h4-7,11,13H,3,8H2,1-2H3. The molecule has 0 saturated carbocycles. The first-order valence-electron chi connectivity index (χ1n) is 5.15. The number of hydrogen-bond donors (Lipinski definition) is 1. The average Bonchev–Trinajstić information content (AvgIpc) is 2.30. The molecule has 1 unspecified atom stereocenters. The van der Waals surface area contributed by atoms with Gasteiger partial charge in [0.25, 0.3) is 0 Å². The highest BCUT2D eigenvalue weighted by atomic mass is 16.5. The van der Waals surface area contributed by atoms with Gasteiger partial charge < -0.3 is 14.6 Å². The quantitative estimate of drug-likeness (QED) is 0.762. The van der Waals surface area contributed by atoms with E-state index in [1.54, 1.807) is 38.3 Å².